The van der Waals surface area contributed by atoms with Gasteiger partial charge in [-0.15, -0.1) is 0 Å². The fourth-order valence-corrected chi connectivity index (χ4v) is 2.88. The van der Waals surface area contributed by atoms with E-state index in [0.717, 1.165) is 5.56 Å². The first-order valence-corrected chi connectivity index (χ1v) is 8.80. The summed E-state index contributed by atoms with van der Waals surface area (Å²) < 4.78 is 11.1. The molecule has 0 fully saturated rings. The molecule has 3 aromatic rings. The Balaban J connectivity index is 1.65. The molecule has 26 heavy (non-hydrogen) atoms. The van der Waals surface area contributed by atoms with Crippen molar-refractivity contribution in [3.63, 3.8) is 0 Å². The van der Waals surface area contributed by atoms with Gasteiger partial charge in [-0.2, -0.15) is 0 Å². The second-order valence-corrected chi connectivity index (χ2v) is 6.75. The minimum atomic E-state index is -0.369. The molecule has 0 aliphatic heterocycles. The van der Waals surface area contributed by atoms with Crippen LogP contribution in [0.3, 0.4) is 0 Å². The van der Waals surface area contributed by atoms with Gasteiger partial charge in [0.25, 0.3) is 5.91 Å². The zero-order chi connectivity index (χ0) is 18.7. The average molecular weight is 411 g/mol. The van der Waals surface area contributed by atoms with Gasteiger partial charge in [0.05, 0.1) is 5.02 Å². The van der Waals surface area contributed by atoms with Crippen molar-refractivity contribution in [2.24, 2.45) is 0 Å². The van der Waals surface area contributed by atoms with Gasteiger partial charge in [-0.25, -0.2) is 0 Å². The molecule has 0 bridgehead atoms. The highest BCUT2D eigenvalue weighted by Gasteiger charge is 2.14. The topological polar surface area (TPSA) is 51.5 Å². The van der Waals surface area contributed by atoms with E-state index in [9.17, 15) is 4.79 Å². The van der Waals surface area contributed by atoms with Gasteiger partial charge in [-0.05, 0) is 55.0 Å². The number of ether oxygens (including phenoxy) is 1. The van der Waals surface area contributed by atoms with Crippen LogP contribution in [0.25, 0.3) is 0 Å². The Labute approximate surface area is 165 Å². The quantitative estimate of drug-likeness (QED) is 0.531. The molecule has 0 radical (unpaired) electrons. The molecular formula is C19H14Cl3NO3. The normalized spacial score (nSPS) is 10.6. The van der Waals surface area contributed by atoms with Gasteiger partial charge in [-0.3, -0.25) is 4.79 Å². The highest BCUT2D eigenvalue weighted by atomic mass is 35.5. The van der Waals surface area contributed by atoms with Crippen molar-refractivity contribution in [1.29, 1.82) is 0 Å². The SMILES string of the molecule is Cc1c(Cl)cccc1NC(=O)c1ccc(COc2ccc(Cl)cc2Cl)o1. The highest BCUT2D eigenvalue weighted by molar-refractivity contribution is 6.35. The number of nitrogens with one attached hydrogen (secondary N) is 1. The average Bonchev–Trinajstić information content (AvgIpc) is 3.07. The third-order valence-electron chi connectivity index (χ3n) is 3.67. The minimum Gasteiger partial charge on any atom is -0.484 e. The molecule has 0 aliphatic rings. The molecule has 1 heterocycles. The maximum Gasteiger partial charge on any atom is 0.291 e. The van der Waals surface area contributed by atoms with Crippen molar-refractivity contribution in [2.45, 2.75) is 13.5 Å². The standard InChI is InChI=1S/C19H14Cl3NO3/c1-11-14(21)3-2-4-16(11)23-19(24)18-8-6-13(26-18)10-25-17-7-5-12(20)9-15(17)22/h2-9H,10H2,1H3,(H,23,24). The van der Waals surface area contributed by atoms with Gasteiger partial charge < -0.3 is 14.5 Å². The maximum absolute atomic E-state index is 12.3. The molecule has 2 aromatic carbocycles. The Morgan fingerprint density at radius 2 is 1.88 bits per heavy atom. The third kappa shape index (κ3) is 4.33. The van der Waals surface area contributed by atoms with Gasteiger partial charge in [0.15, 0.2) is 5.76 Å². The van der Waals surface area contributed by atoms with E-state index in [-0.39, 0.29) is 18.3 Å². The lowest BCUT2D eigenvalue weighted by atomic mass is 10.2. The Morgan fingerprint density at radius 3 is 2.65 bits per heavy atom. The molecular weight excluding hydrogens is 397 g/mol. The van der Waals surface area contributed by atoms with Crippen molar-refractivity contribution in [3.05, 3.63) is 80.7 Å². The molecule has 1 amide bonds. The molecule has 0 aliphatic carbocycles. The zero-order valence-electron chi connectivity index (χ0n) is 13.7. The van der Waals surface area contributed by atoms with Crippen LogP contribution in [-0.2, 0) is 6.61 Å². The first-order valence-electron chi connectivity index (χ1n) is 7.67. The number of carbonyl (C=O) groups is 1. The second-order valence-electron chi connectivity index (χ2n) is 5.50. The highest BCUT2D eigenvalue weighted by Crippen LogP contribution is 2.28. The van der Waals surface area contributed by atoms with Crippen LogP contribution in [0.15, 0.2) is 52.9 Å². The summed E-state index contributed by atoms with van der Waals surface area (Å²) in [6.45, 7) is 1.96. The molecule has 0 unspecified atom stereocenters. The number of carbonyl (C=O) groups excluding carboxylic acids is 1. The summed E-state index contributed by atoms with van der Waals surface area (Å²) >= 11 is 18.0. The van der Waals surface area contributed by atoms with E-state index in [1.807, 2.05) is 6.92 Å². The Kier molecular flexibility index (Phi) is 5.77. The maximum atomic E-state index is 12.3. The van der Waals surface area contributed by atoms with Crippen molar-refractivity contribution in [2.75, 3.05) is 5.32 Å². The molecule has 1 N–H and O–H groups in total. The van der Waals surface area contributed by atoms with Crippen LogP contribution in [0.1, 0.15) is 21.9 Å². The van der Waals surface area contributed by atoms with E-state index in [1.54, 1.807) is 48.5 Å². The fourth-order valence-electron chi connectivity index (χ4n) is 2.25. The van der Waals surface area contributed by atoms with Crippen LogP contribution in [-0.4, -0.2) is 5.91 Å². The van der Waals surface area contributed by atoms with E-state index >= 15 is 0 Å². The Bertz CT molecular complexity index is 953. The summed E-state index contributed by atoms with van der Waals surface area (Å²) in [4.78, 5) is 12.3. The molecule has 134 valence electrons. The number of benzene rings is 2. The molecule has 0 saturated carbocycles. The molecule has 4 nitrogen and oxygen atoms in total. The lowest BCUT2D eigenvalue weighted by Crippen LogP contribution is -2.12. The van der Waals surface area contributed by atoms with E-state index < -0.39 is 0 Å². The molecule has 0 spiro atoms. The predicted molar refractivity (Wildman–Crippen MR) is 104 cm³/mol. The number of hydrogen-bond donors (Lipinski definition) is 1. The first kappa shape index (κ1) is 18.6. The summed E-state index contributed by atoms with van der Waals surface area (Å²) in [5.74, 6) is 0.772. The lowest BCUT2D eigenvalue weighted by Gasteiger charge is -2.08. The van der Waals surface area contributed by atoms with Crippen molar-refractivity contribution in [3.8, 4) is 5.75 Å². The molecule has 7 heteroatoms. The summed E-state index contributed by atoms with van der Waals surface area (Å²) in [6.07, 6.45) is 0. The minimum absolute atomic E-state index is 0.130. The summed E-state index contributed by atoms with van der Waals surface area (Å²) in [7, 11) is 0. The second kappa shape index (κ2) is 8.04. The van der Waals surface area contributed by atoms with Crippen LogP contribution in [0, 0.1) is 6.92 Å². The van der Waals surface area contributed by atoms with Crippen LogP contribution in [0.2, 0.25) is 15.1 Å². The number of amides is 1. The Hall–Kier alpha value is -2.14. The van der Waals surface area contributed by atoms with Crippen molar-refractivity contribution in [1.82, 2.24) is 0 Å². The number of halogens is 3. The van der Waals surface area contributed by atoms with E-state index in [1.165, 1.54) is 0 Å². The number of hydrogen-bond acceptors (Lipinski definition) is 3. The van der Waals surface area contributed by atoms with Crippen LogP contribution < -0.4 is 10.1 Å². The van der Waals surface area contributed by atoms with Crippen LogP contribution in [0.5, 0.6) is 5.75 Å². The molecule has 1 aromatic heterocycles. The van der Waals surface area contributed by atoms with Gasteiger partial charge in [0.1, 0.15) is 18.1 Å². The smallest absolute Gasteiger partial charge is 0.291 e. The van der Waals surface area contributed by atoms with Gasteiger partial charge in [0, 0.05) is 15.7 Å². The number of furan rings is 1. The third-order valence-corrected chi connectivity index (χ3v) is 4.61. The monoisotopic (exact) mass is 409 g/mol. The summed E-state index contributed by atoms with van der Waals surface area (Å²) in [5, 5.41) is 4.28. The summed E-state index contributed by atoms with van der Waals surface area (Å²) in [5.41, 5.74) is 1.42. The van der Waals surface area contributed by atoms with E-state index in [2.05, 4.69) is 5.32 Å². The fraction of sp³-hybridized carbons (Fsp3) is 0.105. The van der Waals surface area contributed by atoms with Gasteiger partial charge in [0.2, 0.25) is 0 Å². The Morgan fingerprint density at radius 1 is 1.08 bits per heavy atom. The van der Waals surface area contributed by atoms with Crippen molar-refractivity contribution < 1.29 is 13.9 Å². The lowest BCUT2D eigenvalue weighted by molar-refractivity contribution is 0.0992. The summed E-state index contributed by atoms with van der Waals surface area (Å²) in [6, 6.07) is 13.5. The molecule has 0 saturated heterocycles. The number of rotatable bonds is 5. The van der Waals surface area contributed by atoms with Crippen molar-refractivity contribution >= 4 is 46.4 Å². The zero-order valence-corrected chi connectivity index (χ0v) is 16.0. The predicted octanol–water partition coefficient (Wildman–Crippen LogP) is 6.38. The van der Waals surface area contributed by atoms with E-state index in [4.69, 9.17) is 44.0 Å². The molecule has 3 rings (SSSR count). The van der Waals surface area contributed by atoms with Crippen LogP contribution >= 0.6 is 34.8 Å². The van der Waals surface area contributed by atoms with Crippen LogP contribution in [0.4, 0.5) is 5.69 Å². The van der Waals surface area contributed by atoms with Gasteiger partial charge >= 0.3 is 0 Å². The molecule has 0 atom stereocenters. The largest absolute Gasteiger partial charge is 0.484 e. The van der Waals surface area contributed by atoms with E-state index in [0.29, 0.717) is 32.3 Å². The first-order chi connectivity index (χ1) is 12.4. The number of anilines is 1. The van der Waals surface area contributed by atoms with Gasteiger partial charge in [-0.1, -0.05) is 40.9 Å².